The van der Waals surface area contributed by atoms with E-state index in [1.165, 1.54) is 5.56 Å². The number of hydrogen-bond donors (Lipinski definition) is 1. The van der Waals surface area contributed by atoms with Crippen LogP contribution in [0.25, 0.3) is 6.08 Å². The number of nitrogens with two attached hydrogens (primary N) is 1. The van der Waals surface area contributed by atoms with Gasteiger partial charge >= 0.3 is 0 Å². The van der Waals surface area contributed by atoms with Crippen LogP contribution in [-0.2, 0) is 0 Å². The van der Waals surface area contributed by atoms with E-state index >= 15 is 0 Å². The van der Waals surface area contributed by atoms with Gasteiger partial charge < -0.3 is 10.6 Å². The summed E-state index contributed by atoms with van der Waals surface area (Å²) in [5, 5.41) is 0. The maximum absolute atomic E-state index is 5.81. The molecule has 4 heteroatoms. The van der Waals surface area contributed by atoms with Crippen molar-refractivity contribution < 1.29 is 0 Å². The van der Waals surface area contributed by atoms with E-state index in [9.17, 15) is 0 Å². The molecule has 1 aromatic carbocycles. The molecule has 0 amide bonds. The minimum Gasteiger partial charge on any atom is -0.370 e. The Morgan fingerprint density at radius 1 is 1.21 bits per heavy atom. The Bertz CT molecular complexity index is 431. The molecule has 19 heavy (non-hydrogen) atoms. The molecule has 1 aromatic rings. The Morgan fingerprint density at radius 3 is 2.53 bits per heavy atom. The highest BCUT2D eigenvalue weighted by atomic mass is 15.3. The summed E-state index contributed by atoms with van der Waals surface area (Å²) < 4.78 is 0. The topological polar surface area (TPSA) is 44.9 Å². The first-order valence-electron chi connectivity index (χ1n) is 6.71. The van der Waals surface area contributed by atoms with Crippen molar-refractivity contribution in [2.24, 2.45) is 10.7 Å². The first-order chi connectivity index (χ1) is 9.29. The Hall–Kier alpha value is -1.81. The van der Waals surface area contributed by atoms with Gasteiger partial charge in [0.1, 0.15) is 0 Å². The third kappa shape index (κ3) is 4.10. The lowest BCUT2D eigenvalue weighted by Crippen LogP contribution is -2.50. The molecule has 2 N–H and O–H groups in total. The lowest BCUT2D eigenvalue weighted by atomic mass is 10.2. The minimum atomic E-state index is 0.652. The SMILES string of the molecule is CN=C(N)N1CCN(CC=Cc2ccccc2)CC1. The van der Waals surface area contributed by atoms with Gasteiger partial charge in [0.05, 0.1) is 0 Å². The zero-order valence-corrected chi connectivity index (χ0v) is 11.5. The van der Waals surface area contributed by atoms with Gasteiger partial charge in [-0.1, -0.05) is 42.5 Å². The highest BCUT2D eigenvalue weighted by Gasteiger charge is 2.16. The second kappa shape index (κ2) is 6.95. The van der Waals surface area contributed by atoms with Gasteiger partial charge in [0, 0.05) is 39.8 Å². The summed E-state index contributed by atoms with van der Waals surface area (Å²) >= 11 is 0. The third-order valence-corrected chi connectivity index (χ3v) is 3.40. The van der Waals surface area contributed by atoms with E-state index in [0.717, 1.165) is 32.7 Å². The Morgan fingerprint density at radius 2 is 1.89 bits per heavy atom. The molecule has 4 nitrogen and oxygen atoms in total. The van der Waals surface area contributed by atoms with Crippen LogP contribution >= 0.6 is 0 Å². The summed E-state index contributed by atoms with van der Waals surface area (Å²) in [4.78, 5) is 8.59. The molecule has 102 valence electrons. The van der Waals surface area contributed by atoms with Gasteiger partial charge in [0.2, 0.25) is 0 Å². The molecule has 1 fully saturated rings. The molecule has 1 heterocycles. The quantitative estimate of drug-likeness (QED) is 0.656. The maximum atomic E-state index is 5.81. The van der Waals surface area contributed by atoms with E-state index in [4.69, 9.17) is 5.73 Å². The number of nitrogens with zero attached hydrogens (tertiary/aromatic N) is 3. The molecule has 1 saturated heterocycles. The largest absolute Gasteiger partial charge is 0.370 e. The standard InChI is InChI=1S/C15H22N4/c1-17-15(16)19-12-10-18(11-13-19)9-5-8-14-6-3-2-4-7-14/h2-8H,9-13H2,1H3,(H2,16,17). The highest BCUT2D eigenvalue weighted by molar-refractivity contribution is 5.78. The average Bonchev–Trinajstić information content (AvgIpc) is 2.48. The van der Waals surface area contributed by atoms with Crippen molar-refractivity contribution >= 4 is 12.0 Å². The van der Waals surface area contributed by atoms with Crippen LogP contribution in [0.15, 0.2) is 41.4 Å². The maximum Gasteiger partial charge on any atom is 0.191 e. The summed E-state index contributed by atoms with van der Waals surface area (Å²) in [5.41, 5.74) is 7.07. The van der Waals surface area contributed by atoms with Crippen molar-refractivity contribution in [3.05, 3.63) is 42.0 Å². The van der Waals surface area contributed by atoms with Gasteiger partial charge in [0.25, 0.3) is 0 Å². The number of guanidine groups is 1. The summed E-state index contributed by atoms with van der Waals surface area (Å²) in [6, 6.07) is 10.4. The van der Waals surface area contributed by atoms with Gasteiger partial charge in [-0.05, 0) is 5.56 Å². The molecule has 0 atom stereocenters. The molecule has 0 aliphatic carbocycles. The van der Waals surface area contributed by atoms with Crippen LogP contribution in [0, 0.1) is 0 Å². The fraction of sp³-hybridized carbons (Fsp3) is 0.400. The minimum absolute atomic E-state index is 0.652. The van der Waals surface area contributed by atoms with Gasteiger partial charge in [0.15, 0.2) is 5.96 Å². The van der Waals surface area contributed by atoms with Crippen LogP contribution in [0.4, 0.5) is 0 Å². The van der Waals surface area contributed by atoms with Gasteiger partial charge in [-0.15, -0.1) is 0 Å². The van der Waals surface area contributed by atoms with Crippen LogP contribution in [-0.4, -0.2) is 55.5 Å². The van der Waals surface area contributed by atoms with E-state index in [0.29, 0.717) is 5.96 Å². The highest BCUT2D eigenvalue weighted by Crippen LogP contribution is 2.04. The fourth-order valence-electron chi connectivity index (χ4n) is 2.20. The van der Waals surface area contributed by atoms with Crippen LogP contribution in [0.5, 0.6) is 0 Å². The normalized spacial score (nSPS) is 18.2. The zero-order valence-electron chi connectivity index (χ0n) is 11.5. The number of rotatable bonds is 3. The van der Waals surface area contributed by atoms with Crippen LogP contribution in [0.2, 0.25) is 0 Å². The molecule has 0 spiro atoms. The summed E-state index contributed by atoms with van der Waals surface area (Å²) in [5.74, 6) is 0.652. The Kier molecular flexibility index (Phi) is 4.98. The lowest BCUT2D eigenvalue weighted by molar-refractivity contribution is 0.197. The molecule has 1 aliphatic heterocycles. The van der Waals surface area contributed by atoms with Gasteiger partial charge in [-0.3, -0.25) is 9.89 Å². The van der Waals surface area contributed by atoms with E-state index in [-0.39, 0.29) is 0 Å². The molecule has 0 saturated carbocycles. The lowest BCUT2D eigenvalue weighted by Gasteiger charge is -2.34. The predicted octanol–water partition coefficient (Wildman–Crippen LogP) is 1.26. The number of benzene rings is 1. The second-order valence-corrected chi connectivity index (χ2v) is 4.68. The second-order valence-electron chi connectivity index (χ2n) is 4.68. The molecule has 0 unspecified atom stereocenters. The fourth-order valence-corrected chi connectivity index (χ4v) is 2.20. The monoisotopic (exact) mass is 258 g/mol. The van der Waals surface area contributed by atoms with E-state index in [1.54, 1.807) is 7.05 Å². The Balaban J connectivity index is 1.76. The average molecular weight is 258 g/mol. The van der Waals surface area contributed by atoms with Crippen molar-refractivity contribution in [1.29, 1.82) is 0 Å². The first-order valence-corrected chi connectivity index (χ1v) is 6.71. The number of hydrogen-bond acceptors (Lipinski definition) is 2. The molecular weight excluding hydrogens is 236 g/mol. The molecule has 2 rings (SSSR count). The van der Waals surface area contributed by atoms with Crippen LogP contribution in [0.3, 0.4) is 0 Å². The van der Waals surface area contributed by atoms with Crippen LogP contribution < -0.4 is 5.73 Å². The van der Waals surface area contributed by atoms with E-state index in [2.05, 4.69) is 51.2 Å². The third-order valence-electron chi connectivity index (χ3n) is 3.40. The predicted molar refractivity (Wildman–Crippen MR) is 81.0 cm³/mol. The van der Waals surface area contributed by atoms with Crippen molar-refractivity contribution in [3.63, 3.8) is 0 Å². The summed E-state index contributed by atoms with van der Waals surface area (Å²) in [6.07, 6.45) is 4.40. The zero-order chi connectivity index (χ0) is 13.5. The van der Waals surface area contributed by atoms with Crippen molar-refractivity contribution in [3.8, 4) is 0 Å². The summed E-state index contributed by atoms with van der Waals surface area (Å²) in [6.45, 7) is 4.99. The number of aliphatic imine (C=N–C) groups is 1. The molecule has 0 radical (unpaired) electrons. The number of piperazine rings is 1. The molecule has 0 aromatic heterocycles. The summed E-state index contributed by atoms with van der Waals surface area (Å²) in [7, 11) is 1.74. The molecular formula is C15H22N4. The Labute approximate surface area is 115 Å². The first kappa shape index (κ1) is 13.6. The van der Waals surface area contributed by atoms with E-state index < -0.39 is 0 Å². The smallest absolute Gasteiger partial charge is 0.191 e. The van der Waals surface area contributed by atoms with Crippen molar-refractivity contribution in [1.82, 2.24) is 9.80 Å². The van der Waals surface area contributed by atoms with Crippen molar-refractivity contribution in [2.45, 2.75) is 0 Å². The molecule has 1 aliphatic rings. The molecule has 0 bridgehead atoms. The van der Waals surface area contributed by atoms with Crippen molar-refractivity contribution in [2.75, 3.05) is 39.8 Å². The van der Waals surface area contributed by atoms with E-state index in [1.807, 2.05) is 6.07 Å². The van der Waals surface area contributed by atoms with Crippen LogP contribution in [0.1, 0.15) is 5.56 Å². The van der Waals surface area contributed by atoms with Gasteiger partial charge in [-0.25, -0.2) is 0 Å². The van der Waals surface area contributed by atoms with Gasteiger partial charge in [-0.2, -0.15) is 0 Å².